The normalized spacial score (nSPS) is 19.9. The molecule has 1 saturated heterocycles. The third-order valence-electron chi connectivity index (χ3n) is 12.0. The predicted molar refractivity (Wildman–Crippen MR) is 238 cm³/mol. The summed E-state index contributed by atoms with van der Waals surface area (Å²) in [5, 5.41) is 17.8. The van der Waals surface area contributed by atoms with Gasteiger partial charge in [-0.3, -0.25) is 28.8 Å². The van der Waals surface area contributed by atoms with Gasteiger partial charge in [-0.15, -0.1) is 0 Å². The molecule has 1 aliphatic carbocycles. The minimum absolute atomic E-state index is 0.0104. The summed E-state index contributed by atoms with van der Waals surface area (Å²) in [5.74, 6) is -2.67. The highest BCUT2D eigenvalue weighted by molar-refractivity contribution is 6.38. The van der Waals surface area contributed by atoms with Crippen molar-refractivity contribution in [3.8, 4) is 5.75 Å². The van der Waals surface area contributed by atoms with E-state index in [2.05, 4.69) is 26.4 Å². The Hall–Kier alpha value is -5.50. The lowest BCUT2D eigenvalue weighted by molar-refractivity contribution is -0.145. The molecule has 332 valence electrons. The van der Waals surface area contributed by atoms with Crippen LogP contribution in [0.1, 0.15) is 104 Å². The van der Waals surface area contributed by atoms with E-state index < -0.39 is 52.6 Å². The third kappa shape index (κ3) is 11.3. The first-order chi connectivity index (χ1) is 29.6. The summed E-state index contributed by atoms with van der Waals surface area (Å²) in [6, 6.07) is 15.0. The van der Waals surface area contributed by atoms with Crippen molar-refractivity contribution < 1.29 is 38.3 Å². The summed E-state index contributed by atoms with van der Waals surface area (Å²) in [6.07, 6.45) is 6.38. The number of hydrogen-bond acceptors (Lipinski definition) is 9. The number of carbonyl (C=O) groups excluding carboxylic acids is 6. The van der Waals surface area contributed by atoms with E-state index in [0.717, 1.165) is 48.4 Å². The van der Waals surface area contributed by atoms with Crippen molar-refractivity contribution in [1.82, 2.24) is 20.9 Å². The van der Waals surface area contributed by atoms with Gasteiger partial charge < -0.3 is 35.7 Å². The molecule has 0 bridgehead atoms. The monoisotopic (exact) mass is 870 g/mol. The van der Waals surface area contributed by atoms with E-state index in [0.29, 0.717) is 35.0 Å². The van der Waals surface area contributed by atoms with Gasteiger partial charge in [0.25, 0.3) is 5.91 Å². The van der Waals surface area contributed by atoms with Gasteiger partial charge in [0, 0.05) is 60.0 Å². The molecule has 1 saturated carbocycles. The molecule has 4 N–H and O–H groups in total. The third-order valence-corrected chi connectivity index (χ3v) is 12.2. The summed E-state index contributed by atoms with van der Waals surface area (Å²) in [6.45, 7) is 7.27. The zero-order valence-corrected chi connectivity index (χ0v) is 37.1. The standard InChI is InChI=1S/C47H59ClN6O8/c1-6-13-35(41(57)44(59)49-21-20-39(55)50-33-24-30-16-10-11-19-34(30)38(25-33)61-5)51-43(58)37-27-47(26-36(53-62-47)31-17-12-18-32(48)23-31)28-54(37)45(60)42(46(2,3)4)52-40(56)22-29-14-8-7-9-15-29/h10-12,16-19,23-25,29,35,37,42H,6-9,13-15,20-22,26-28H2,1-5H3,(H,49,59)(H,50,55)(H,51,58)(H,52,56)/t35-,37-,42+,47+/m0/s1. The van der Waals surface area contributed by atoms with Crippen LogP contribution in [0, 0.1) is 11.3 Å². The Morgan fingerprint density at radius 3 is 2.44 bits per heavy atom. The van der Waals surface area contributed by atoms with Crippen LogP contribution in [0.25, 0.3) is 10.8 Å². The molecule has 4 atom stereocenters. The maximum atomic E-state index is 14.8. The second-order valence-electron chi connectivity index (χ2n) is 17.9. The van der Waals surface area contributed by atoms with Crippen LogP contribution < -0.4 is 26.0 Å². The Morgan fingerprint density at radius 2 is 1.73 bits per heavy atom. The number of nitrogens with one attached hydrogen (secondary N) is 4. The number of likely N-dealkylation sites (tertiary alicyclic amines) is 1. The Balaban J connectivity index is 1.14. The maximum Gasteiger partial charge on any atom is 0.289 e. The quantitative estimate of drug-likeness (QED) is 0.118. The van der Waals surface area contributed by atoms with E-state index in [1.54, 1.807) is 31.4 Å². The molecule has 5 amide bonds. The van der Waals surface area contributed by atoms with Crippen LogP contribution >= 0.6 is 11.6 Å². The minimum Gasteiger partial charge on any atom is -0.496 e. The molecule has 62 heavy (non-hydrogen) atoms. The Labute approximate surface area is 368 Å². The number of benzene rings is 3. The molecule has 0 radical (unpaired) electrons. The van der Waals surface area contributed by atoms with Crippen LogP contribution in [-0.4, -0.2) is 89.9 Å². The van der Waals surface area contributed by atoms with Gasteiger partial charge >= 0.3 is 0 Å². The minimum atomic E-state index is -1.21. The molecule has 2 heterocycles. The van der Waals surface area contributed by atoms with Gasteiger partial charge in [-0.1, -0.05) is 107 Å². The fraction of sp³-hybridized carbons (Fsp3) is 0.511. The van der Waals surface area contributed by atoms with E-state index in [-0.39, 0.29) is 56.5 Å². The summed E-state index contributed by atoms with van der Waals surface area (Å²) < 4.78 is 5.49. The number of rotatable bonds is 16. The summed E-state index contributed by atoms with van der Waals surface area (Å²) >= 11 is 6.29. The molecule has 3 aliphatic rings. The van der Waals surface area contributed by atoms with Crippen LogP contribution in [-0.2, 0) is 33.6 Å². The number of ether oxygens (including phenoxy) is 1. The van der Waals surface area contributed by atoms with Crippen LogP contribution in [0.4, 0.5) is 5.69 Å². The number of hydrogen-bond donors (Lipinski definition) is 4. The highest BCUT2D eigenvalue weighted by atomic mass is 35.5. The fourth-order valence-electron chi connectivity index (χ4n) is 8.74. The van der Waals surface area contributed by atoms with Gasteiger partial charge in [0.2, 0.25) is 29.4 Å². The molecular weight excluding hydrogens is 812 g/mol. The van der Waals surface area contributed by atoms with Crippen LogP contribution in [0.5, 0.6) is 5.75 Å². The van der Waals surface area contributed by atoms with E-state index in [1.165, 1.54) is 4.90 Å². The molecule has 1 spiro atoms. The number of methoxy groups -OCH3 is 1. The van der Waals surface area contributed by atoms with Crippen LogP contribution in [0.2, 0.25) is 5.02 Å². The number of fused-ring (bicyclic) bond motifs is 1. The van der Waals surface area contributed by atoms with Gasteiger partial charge in [-0.25, -0.2) is 0 Å². The zero-order chi connectivity index (χ0) is 44.6. The number of Topliss-reactive ketones (excluding diaryl/α,β-unsaturated/α-hetero) is 1. The van der Waals surface area contributed by atoms with E-state index in [1.807, 2.05) is 64.1 Å². The molecule has 2 aliphatic heterocycles. The van der Waals surface area contributed by atoms with Crippen molar-refractivity contribution in [2.24, 2.45) is 16.5 Å². The molecule has 15 heteroatoms. The average Bonchev–Trinajstić information content (AvgIpc) is 3.85. The van der Waals surface area contributed by atoms with Crippen molar-refractivity contribution in [1.29, 1.82) is 0 Å². The van der Waals surface area contributed by atoms with Gasteiger partial charge in [0.15, 0.2) is 5.60 Å². The van der Waals surface area contributed by atoms with Gasteiger partial charge in [0.1, 0.15) is 17.8 Å². The smallest absolute Gasteiger partial charge is 0.289 e. The van der Waals surface area contributed by atoms with Crippen LogP contribution in [0.15, 0.2) is 65.8 Å². The lowest BCUT2D eigenvalue weighted by Crippen LogP contribution is -2.59. The molecule has 2 fully saturated rings. The topological polar surface area (TPSA) is 185 Å². The summed E-state index contributed by atoms with van der Waals surface area (Å²) in [5.41, 5.74) is 0.0620. The van der Waals surface area contributed by atoms with Crippen molar-refractivity contribution in [3.05, 3.63) is 71.2 Å². The molecule has 6 rings (SSSR count). The first-order valence-electron chi connectivity index (χ1n) is 21.7. The second-order valence-corrected chi connectivity index (χ2v) is 18.4. The van der Waals surface area contributed by atoms with E-state index in [4.69, 9.17) is 21.2 Å². The van der Waals surface area contributed by atoms with Gasteiger partial charge in [0.05, 0.1) is 25.4 Å². The van der Waals surface area contributed by atoms with Gasteiger partial charge in [-0.2, -0.15) is 0 Å². The zero-order valence-electron chi connectivity index (χ0n) is 36.3. The number of halogens is 1. The first-order valence-corrected chi connectivity index (χ1v) is 22.1. The van der Waals surface area contributed by atoms with E-state index >= 15 is 0 Å². The first kappa shape index (κ1) is 46.0. The van der Waals surface area contributed by atoms with E-state index in [9.17, 15) is 28.8 Å². The maximum absolute atomic E-state index is 14.8. The Morgan fingerprint density at radius 1 is 0.968 bits per heavy atom. The number of nitrogens with zero attached hydrogens (tertiary/aromatic N) is 2. The van der Waals surface area contributed by atoms with Crippen molar-refractivity contribution >= 4 is 69.1 Å². The molecular formula is C47H59ClN6O8. The SMILES string of the molecule is CCC[C@H](NC(=O)[C@@H]1C[C@]2(CC(c3cccc(Cl)c3)=NO2)CN1C(=O)[C@@H](NC(=O)CC1CCCCC1)C(C)(C)C)C(=O)C(=O)NCCC(=O)Nc1cc(OC)c2ccccc2c1. The molecule has 14 nitrogen and oxygen atoms in total. The molecule has 0 unspecified atom stereocenters. The number of anilines is 1. The van der Waals surface area contributed by atoms with Crippen LogP contribution in [0.3, 0.4) is 0 Å². The highest BCUT2D eigenvalue weighted by Crippen LogP contribution is 2.40. The lowest BCUT2D eigenvalue weighted by atomic mass is 9.84. The Kier molecular flexibility index (Phi) is 14.9. The number of oxime groups is 1. The second kappa shape index (κ2) is 20.1. The summed E-state index contributed by atoms with van der Waals surface area (Å²) in [4.78, 5) is 89.9. The van der Waals surface area contributed by atoms with Crippen molar-refractivity contribution in [3.63, 3.8) is 0 Å². The number of ketones is 1. The van der Waals surface area contributed by atoms with Crippen molar-refractivity contribution in [2.75, 3.05) is 25.5 Å². The molecule has 3 aromatic rings. The van der Waals surface area contributed by atoms with Gasteiger partial charge in [-0.05, 0) is 54.2 Å². The predicted octanol–water partition coefficient (Wildman–Crippen LogP) is 6.47. The highest BCUT2D eigenvalue weighted by Gasteiger charge is 2.55. The Bertz CT molecular complexity index is 2200. The largest absolute Gasteiger partial charge is 0.496 e. The summed E-state index contributed by atoms with van der Waals surface area (Å²) in [7, 11) is 1.55. The molecule has 3 aromatic carbocycles. The average molecular weight is 871 g/mol. The number of carbonyl (C=O) groups is 6. The molecule has 0 aromatic heterocycles. The lowest BCUT2D eigenvalue weighted by Gasteiger charge is -2.36. The fourth-order valence-corrected chi connectivity index (χ4v) is 8.93. The number of amides is 5. The van der Waals surface area contributed by atoms with Crippen molar-refractivity contribution in [2.45, 2.75) is 122 Å².